The highest BCUT2D eigenvalue weighted by atomic mass is 19.1. The first-order valence-corrected chi connectivity index (χ1v) is 11.7. The number of benzene rings is 3. The molecule has 2 heterocycles. The van der Waals surface area contributed by atoms with E-state index in [9.17, 15) is 9.59 Å². The lowest BCUT2D eigenvalue weighted by Crippen LogP contribution is -2.37. The second kappa shape index (κ2) is 10.0. The van der Waals surface area contributed by atoms with E-state index < -0.39 is 47.8 Å². The molecule has 0 radical (unpaired) electrons. The van der Waals surface area contributed by atoms with Crippen molar-refractivity contribution < 1.29 is 18.0 Å². The van der Waals surface area contributed by atoms with Gasteiger partial charge in [0.15, 0.2) is 0 Å². The van der Waals surface area contributed by atoms with E-state index in [1.807, 2.05) is 96.0 Å². The molecular weight excluding hydrogens is 459 g/mol. The van der Waals surface area contributed by atoms with Crippen LogP contribution in [0.2, 0.25) is 0 Å². The van der Waals surface area contributed by atoms with Gasteiger partial charge in [-0.3, -0.25) is 14.3 Å². The van der Waals surface area contributed by atoms with Gasteiger partial charge in [-0.2, -0.15) is 0 Å². The second-order valence-electron chi connectivity index (χ2n) is 8.68. The van der Waals surface area contributed by atoms with E-state index in [1.165, 1.54) is 0 Å². The summed E-state index contributed by atoms with van der Waals surface area (Å²) in [5.74, 6) is 0. The number of nitrogens with one attached hydrogen (secondary N) is 1. The third-order valence-electron chi connectivity index (χ3n) is 6.45. The minimum atomic E-state index is -2.75. The zero-order valence-electron chi connectivity index (χ0n) is 22.3. The van der Waals surface area contributed by atoms with Crippen molar-refractivity contribution in [1.82, 2.24) is 9.55 Å². The van der Waals surface area contributed by atoms with Gasteiger partial charge >= 0.3 is 5.69 Å². The molecule has 0 amide bonds. The van der Waals surface area contributed by atoms with Crippen LogP contribution in [-0.4, -0.2) is 28.4 Å². The molecule has 1 aliphatic rings. The fourth-order valence-corrected chi connectivity index (χ4v) is 4.68. The standard InChI is InChI=1S/C29H27FN2O4/c1-20-18-32(28(34)31-27(20)33)26-17-24(30)25(36-26)19-35-29(21-11-5-2-6-12-21,22-13-7-3-8-14-22)23-15-9-4-10-16-23/h2-16,18,24-26H,17,19H2,1H3,(H,31,33,34)/t24-,25+,26+/m0/s1/i1D3. The number of hydrogen-bond acceptors (Lipinski definition) is 4. The first-order chi connectivity index (χ1) is 18.7. The molecule has 1 saturated heterocycles. The molecule has 0 bridgehead atoms. The molecule has 6 nitrogen and oxygen atoms in total. The molecule has 0 saturated carbocycles. The van der Waals surface area contributed by atoms with Gasteiger partial charge in [0, 0.05) is 22.3 Å². The average molecular weight is 490 g/mol. The highest BCUT2D eigenvalue weighted by Gasteiger charge is 2.42. The third kappa shape index (κ3) is 4.43. The van der Waals surface area contributed by atoms with Crippen LogP contribution in [0.15, 0.2) is 107 Å². The number of hydrogen-bond donors (Lipinski definition) is 1. The minimum absolute atomic E-state index is 0.166. The summed E-state index contributed by atoms with van der Waals surface area (Å²) in [5.41, 5.74) is -1.03. The van der Waals surface area contributed by atoms with Crippen LogP contribution in [0.1, 0.15) is 39.0 Å². The van der Waals surface area contributed by atoms with E-state index in [0.717, 1.165) is 27.5 Å². The van der Waals surface area contributed by atoms with Crippen LogP contribution in [0.25, 0.3) is 0 Å². The van der Waals surface area contributed by atoms with Gasteiger partial charge in [-0.05, 0) is 23.5 Å². The molecule has 184 valence electrons. The molecule has 0 spiro atoms. The van der Waals surface area contributed by atoms with Crippen LogP contribution in [-0.2, 0) is 15.1 Å². The summed E-state index contributed by atoms with van der Waals surface area (Å²) in [6.07, 6.45) is -2.96. The predicted octanol–water partition coefficient (Wildman–Crippen LogP) is 4.48. The van der Waals surface area contributed by atoms with Crippen LogP contribution >= 0.6 is 0 Å². The van der Waals surface area contributed by atoms with Crippen molar-refractivity contribution in [2.45, 2.75) is 37.4 Å². The Bertz CT molecular complexity index is 1430. The lowest BCUT2D eigenvalue weighted by atomic mass is 9.80. The van der Waals surface area contributed by atoms with Crippen molar-refractivity contribution >= 4 is 0 Å². The van der Waals surface area contributed by atoms with Crippen molar-refractivity contribution in [3.63, 3.8) is 0 Å². The smallest absolute Gasteiger partial charge is 0.330 e. The number of H-pyrrole nitrogens is 1. The third-order valence-corrected chi connectivity index (χ3v) is 6.45. The maximum Gasteiger partial charge on any atom is 0.330 e. The largest absolute Gasteiger partial charge is 0.358 e. The van der Waals surface area contributed by atoms with Crippen LogP contribution in [0.5, 0.6) is 0 Å². The van der Waals surface area contributed by atoms with Crippen molar-refractivity contribution in [1.29, 1.82) is 0 Å². The lowest BCUT2D eigenvalue weighted by molar-refractivity contribution is -0.0868. The van der Waals surface area contributed by atoms with Gasteiger partial charge in [0.05, 0.1) is 6.61 Å². The van der Waals surface area contributed by atoms with E-state index in [1.54, 1.807) is 0 Å². The number of halogens is 1. The van der Waals surface area contributed by atoms with Gasteiger partial charge in [-0.1, -0.05) is 91.0 Å². The summed E-state index contributed by atoms with van der Waals surface area (Å²) >= 11 is 0. The lowest BCUT2D eigenvalue weighted by Gasteiger charge is -2.36. The van der Waals surface area contributed by atoms with Gasteiger partial charge < -0.3 is 9.47 Å². The average Bonchev–Trinajstić information content (AvgIpc) is 3.30. The van der Waals surface area contributed by atoms with Crippen LogP contribution in [0.4, 0.5) is 4.39 Å². The van der Waals surface area contributed by atoms with Gasteiger partial charge in [0.2, 0.25) is 0 Å². The topological polar surface area (TPSA) is 73.3 Å². The monoisotopic (exact) mass is 489 g/mol. The van der Waals surface area contributed by atoms with Gasteiger partial charge in [0.25, 0.3) is 5.56 Å². The maximum atomic E-state index is 15.3. The number of rotatable bonds is 7. The molecule has 5 rings (SSSR count). The van der Waals surface area contributed by atoms with E-state index in [-0.39, 0.29) is 13.0 Å². The Labute approximate surface area is 212 Å². The van der Waals surface area contributed by atoms with E-state index in [0.29, 0.717) is 0 Å². The Kier molecular flexibility index (Phi) is 5.69. The first-order valence-electron chi connectivity index (χ1n) is 13.2. The number of nitrogens with zero attached hydrogens (tertiary/aromatic N) is 1. The molecule has 3 aromatic carbocycles. The molecule has 3 atom stereocenters. The van der Waals surface area contributed by atoms with Gasteiger partial charge in [0.1, 0.15) is 24.1 Å². The van der Waals surface area contributed by atoms with Crippen molar-refractivity contribution in [3.8, 4) is 0 Å². The highest BCUT2D eigenvalue weighted by Crippen LogP contribution is 2.41. The number of aromatic amines is 1. The zero-order valence-corrected chi connectivity index (χ0v) is 19.3. The molecule has 1 aliphatic heterocycles. The quantitative estimate of drug-likeness (QED) is 0.389. The predicted molar refractivity (Wildman–Crippen MR) is 135 cm³/mol. The molecule has 1 fully saturated rings. The summed E-state index contributed by atoms with van der Waals surface area (Å²) in [6, 6.07) is 28.8. The summed E-state index contributed by atoms with van der Waals surface area (Å²) in [4.78, 5) is 26.5. The Morgan fingerprint density at radius 1 is 0.972 bits per heavy atom. The fourth-order valence-electron chi connectivity index (χ4n) is 4.68. The SMILES string of the molecule is [2H]C([2H])([2H])c1cn([C@H]2C[C@H](F)[C@@H](COC(c3ccccc3)(c3ccccc3)c3ccccc3)O2)c(=O)[nH]c1=O. The van der Waals surface area contributed by atoms with E-state index in [2.05, 4.69) is 0 Å². The molecular formula is C29H27FN2O4. The molecule has 7 heteroatoms. The molecule has 0 unspecified atom stereocenters. The van der Waals surface area contributed by atoms with E-state index >= 15 is 4.39 Å². The Morgan fingerprint density at radius 3 is 2.00 bits per heavy atom. The second-order valence-corrected chi connectivity index (χ2v) is 8.68. The molecule has 4 aromatic rings. The molecule has 36 heavy (non-hydrogen) atoms. The van der Waals surface area contributed by atoms with Crippen LogP contribution < -0.4 is 11.2 Å². The molecule has 1 N–H and O–H groups in total. The van der Waals surface area contributed by atoms with Crippen LogP contribution in [0.3, 0.4) is 0 Å². The zero-order chi connectivity index (χ0) is 27.6. The van der Waals surface area contributed by atoms with Crippen molar-refractivity contribution in [3.05, 3.63) is 140 Å². The number of aromatic nitrogens is 2. The van der Waals surface area contributed by atoms with Gasteiger partial charge in [-0.15, -0.1) is 0 Å². The van der Waals surface area contributed by atoms with Crippen molar-refractivity contribution in [2.75, 3.05) is 6.61 Å². The summed E-state index contributed by atoms with van der Waals surface area (Å²) < 4.78 is 51.6. The van der Waals surface area contributed by atoms with Gasteiger partial charge in [-0.25, -0.2) is 9.18 Å². The molecule has 1 aromatic heterocycles. The van der Waals surface area contributed by atoms with E-state index in [4.69, 9.17) is 13.6 Å². The summed E-state index contributed by atoms with van der Waals surface area (Å²) in [6.45, 7) is -2.92. The summed E-state index contributed by atoms with van der Waals surface area (Å²) in [7, 11) is 0. The Hall–Kier alpha value is -3.81. The normalized spacial score (nSPS) is 21.5. The number of alkyl halides is 1. The number of aryl methyl sites for hydroxylation is 1. The fraction of sp³-hybridized carbons (Fsp3) is 0.241. The molecule has 0 aliphatic carbocycles. The highest BCUT2D eigenvalue weighted by molar-refractivity contribution is 5.47. The summed E-state index contributed by atoms with van der Waals surface area (Å²) in [5, 5.41) is 0. The minimum Gasteiger partial charge on any atom is -0.358 e. The Morgan fingerprint density at radius 2 is 1.50 bits per heavy atom. The van der Waals surface area contributed by atoms with Crippen molar-refractivity contribution in [2.24, 2.45) is 0 Å². The number of ether oxygens (including phenoxy) is 2. The Balaban J connectivity index is 1.49. The van der Waals surface area contributed by atoms with Crippen LogP contribution in [0, 0.1) is 6.85 Å². The maximum absolute atomic E-state index is 15.3. The first kappa shape index (κ1) is 20.4.